The van der Waals surface area contributed by atoms with E-state index in [9.17, 15) is 0 Å². The number of rotatable bonds is 5. The van der Waals surface area contributed by atoms with Gasteiger partial charge in [-0.05, 0) is 31.0 Å². The fourth-order valence-corrected chi connectivity index (χ4v) is 2.12. The Kier molecular flexibility index (Phi) is 4.85. The highest BCUT2D eigenvalue weighted by atomic mass is 14.9. The number of nitrogens with zero attached hydrogens (tertiary/aromatic N) is 2. The van der Waals surface area contributed by atoms with Gasteiger partial charge in [0, 0.05) is 17.8 Å². The van der Waals surface area contributed by atoms with Gasteiger partial charge in [0.15, 0.2) is 5.82 Å². The maximum atomic E-state index is 4.64. The summed E-state index contributed by atoms with van der Waals surface area (Å²) in [5.41, 5.74) is 4.48. The molecule has 2 aromatic rings. The molecule has 0 spiro atoms. The summed E-state index contributed by atoms with van der Waals surface area (Å²) in [4.78, 5) is 9.19. The van der Waals surface area contributed by atoms with Gasteiger partial charge in [0.05, 0.1) is 5.69 Å². The van der Waals surface area contributed by atoms with E-state index >= 15 is 0 Å². The molecule has 2 rings (SSSR count). The van der Waals surface area contributed by atoms with Gasteiger partial charge in [-0.15, -0.1) is 0 Å². The van der Waals surface area contributed by atoms with Gasteiger partial charge < -0.3 is 5.32 Å². The monoisotopic (exact) mass is 269 g/mol. The van der Waals surface area contributed by atoms with Crippen molar-refractivity contribution < 1.29 is 0 Å². The first-order valence-electron chi connectivity index (χ1n) is 7.25. The number of hydrogen-bond acceptors (Lipinski definition) is 3. The summed E-state index contributed by atoms with van der Waals surface area (Å²) in [6.07, 6.45) is 0. The predicted octanol–water partition coefficient (Wildman–Crippen LogP) is 3.68. The number of nitrogens with one attached hydrogen (secondary N) is 1. The zero-order chi connectivity index (χ0) is 14.5. The molecular formula is C17H23N3. The Morgan fingerprint density at radius 3 is 2.40 bits per heavy atom. The van der Waals surface area contributed by atoms with Gasteiger partial charge >= 0.3 is 0 Å². The van der Waals surface area contributed by atoms with Crippen LogP contribution in [-0.4, -0.2) is 16.5 Å². The van der Waals surface area contributed by atoms with Crippen molar-refractivity contribution in [3.05, 3.63) is 47.3 Å². The molecule has 1 N–H and O–H groups in total. The molecule has 0 bridgehead atoms. The van der Waals surface area contributed by atoms with Crippen molar-refractivity contribution in [2.45, 2.75) is 40.2 Å². The Labute approximate surface area is 121 Å². The van der Waals surface area contributed by atoms with E-state index in [1.54, 1.807) is 0 Å². The van der Waals surface area contributed by atoms with Crippen LogP contribution < -0.4 is 5.32 Å². The van der Waals surface area contributed by atoms with Crippen molar-refractivity contribution in [1.82, 2.24) is 15.3 Å². The van der Waals surface area contributed by atoms with Crippen molar-refractivity contribution in [2.24, 2.45) is 0 Å². The fraction of sp³-hybridized carbons (Fsp3) is 0.412. The summed E-state index contributed by atoms with van der Waals surface area (Å²) in [6.45, 7) is 10.3. The predicted molar refractivity (Wildman–Crippen MR) is 83.7 cm³/mol. The smallest absolute Gasteiger partial charge is 0.159 e. The highest BCUT2D eigenvalue weighted by Gasteiger charge is 2.06. The lowest BCUT2D eigenvalue weighted by Gasteiger charge is -2.08. The van der Waals surface area contributed by atoms with Crippen LogP contribution in [0.5, 0.6) is 0 Å². The van der Waals surface area contributed by atoms with Crippen LogP contribution in [0.2, 0.25) is 0 Å². The first-order chi connectivity index (χ1) is 9.60. The average Bonchev–Trinajstić information content (AvgIpc) is 2.44. The second-order valence-electron chi connectivity index (χ2n) is 5.38. The van der Waals surface area contributed by atoms with Crippen LogP contribution in [-0.2, 0) is 6.54 Å². The Morgan fingerprint density at radius 1 is 1.10 bits per heavy atom. The van der Waals surface area contributed by atoms with E-state index in [0.717, 1.165) is 35.9 Å². The molecule has 1 aromatic carbocycles. The summed E-state index contributed by atoms with van der Waals surface area (Å²) in [6, 6.07) is 10.6. The third kappa shape index (κ3) is 3.64. The Morgan fingerprint density at radius 2 is 1.80 bits per heavy atom. The van der Waals surface area contributed by atoms with E-state index in [1.165, 1.54) is 5.56 Å². The minimum atomic E-state index is 0.548. The van der Waals surface area contributed by atoms with Crippen molar-refractivity contribution in [1.29, 1.82) is 0 Å². The Bertz CT molecular complexity index is 559. The van der Waals surface area contributed by atoms with E-state index in [4.69, 9.17) is 0 Å². The molecule has 0 radical (unpaired) electrons. The quantitative estimate of drug-likeness (QED) is 0.899. The zero-order valence-electron chi connectivity index (χ0n) is 12.8. The summed E-state index contributed by atoms with van der Waals surface area (Å²) < 4.78 is 0. The fourth-order valence-electron chi connectivity index (χ4n) is 2.12. The van der Waals surface area contributed by atoms with Crippen LogP contribution in [0, 0.1) is 6.92 Å². The van der Waals surface area contributed by atoms with Gasteiger partial charge in [0.2, 0.25) is 0 Å². The number of aromatic nitrogens is 2. The van der Waals surface area contributed by atoms with Gasteiger partial charge in [0.1, 0.15) is 0 Å². The Hall–Kier alpha value is -1.74. The van der Waals surface area contributed by atoms with Crippen LogP contribution in [0.15, 0.2) is 30.3 Å². The van der Waals surface area contributed by atoms with E-state index in [0.29, 0.717) is 5.92 Å². The van der Waals surface area contributed by atoms with Crippen LogP contribution in [0.3, 0.4) is 0 Å². The molecule has 0 amide bonds. The van der Waals surface area contributed by atoms with E-state index in [-0.39, 0.29) is 0 Å². The molecule has 3 heteroatoms. The molecule has 0 saturated carbocycles. The molecule has 0 fully saturated rings. The van der Waals surface area contributed by atoms with E-state index < -0.39 is 0 Å². The summed E-state index contributed by atoms with van der Waals surface area (Å²) >= 11 is 0. The topological polar surface area (TPSA) is 37.8 Å². The molecule has 106 valence electrons. The van der Waals surface area contributed by atoms with Crippen LogP contribution in [0.1, 0.15) is 43.6 Å². The third-order valence-electron chi connectivity index (χ3n) is 3.30. The van der Waals surface area contributed by atoms with Gasteiger partial charge in [-0.25, -0.2) is 9.97 Å². The summed E-state index contributed by atoms with van der Waals surface area (Å²) in [5.74, 6) is 1.36. The van der Waals surface area contributed by atoms with Crippen molar-refractivity contribution in [3.8, 4) is 11.4 Å². The standard InChI is InChI=1S/C17H23N3/c1-5-18-11-16-10-13(4)19-17(20-16)15-8-6-14(7-9-15)12(2)3/h6-10,12,18H,5,11H2,1-4H3. The summed E-state index contributed by atoms with van der Waals surface area (Å²) in [5, 5.41) is 3.30. The number of benzene rings is 1. The van der Waals surface area contributed by atoms with Crippen molar-refractivity contribution >= 4 is 0 Å². The second-order valence-corrected chi connectivity index (χ2v) is 5.38. The molecular weight excluding hydrogens is 246 g/mol. The highest BCUT2D eigenvalue weighted by Crippen LogP contribution is 2.20. The van der Waals surface area contributed by atoms with Gasteiger partial charge in [-0.2, -0.15) is 0 Å². The first kappa shape index (κ1) is 14.7. The maximum absolute atomic E-state index is 4.64. The molecule has 0 aliphatic carbocycles. The van der Waals surface area contributed by atoms with Crippen LogP contribution >= 0.6 is 0 Å². The Balaban J connectivity index is 2.29. The number of hydrogen-bond donors (Lipinski definition) is 1. The lowest BCUT2D eigenvalue weighted by atomic mass is 10.0. The van der Waals surface area contributed by atoms with Crippen LogP contribution in [0.25, 0.3) is 11.4 Å². The van der Waals surface area contributed by atoms with Gasteiger partial charge in [0.25, 0.3) is 0 Å². The van der Waals surface area contributed by atoms with Gasteiger partial charge in [-0.3, -0.25) is 0 Å². The normalized spacial score (nSPS) is 11.1. The molecule has 0 aliphatic rings. The van der Waals surface area contributed by atoms with Crippen LogP contribution in [0.4, 0.5) is 0 Å². The largest absolute Gasteiger partial charge is 0.311 e. The second kappa shape index (κ2) is 6.62. The molecule has 3 nitrogen and oxygen atoms in total. The van der Waals surface area contributed by atoms with E-state index in [1.807, 2.05) is 13.0 Å². The lowest BCUT2D eigenvalue weighted by Crippen LogP contribution is -2.13. The summed E-state index contributed by atoms with van der Waals surface area (Å²) in [7, 11) is 0. The molecule has 0 aliphatic heterocycles. The molecule has 1 aromatic heterocycles. The number of aryl methyl sites for hydroxylation is 1. The minimum absolute atomic E-state index is 0.548. The molecule has 1 heterocycles. The SMILES string of the molecule is CCNCc1cc(C)nc(-c2ccc(C(C)C)cc2)n1. The zero-order valence-corrected chi connectivity index (χ0v) is 12.8. The molecule has 20 heavy (non-hydrogen) atoms. The van der Waals surface area contributed by atoms with Crippen molar-refractivity contribution in [2.75, 3.05) is 6.54 Å². The first-order valence-corrected chi connectivity index (χ1v) is 7.25. The van der Waals surface area contributed by atoms with Gasteiger partial charge in [-0.1, -0.05) is 45.0 Å². The third-order valence-corrected chi connectivity index (χ3v) is 3.30. The average molecular weight is 269 g/mol. The molecule has 0 atom stereocenters. The maximum Gasteiger partial charge on any atom is 0.159 e. The highest BCUT2D eigenvalue weighted by molar-refractivity contribution is 5.55. The lowest BCUT2D eigenvalue weighted by molar-refractivity contribution is 0.708. The van der Waals surface area contributed by atoms with Crippen molar-refractivity contribution in [3.63, 3.8) is 0 Å². The van der Waals surface area contributed by atoms with E-state index in [2.05, 4.69) is 60.3 Å². The molecule has 0 unspecified atom stereocenters. The minimum Gasteiger partial charge on any atom is -0.311 e. The molecule has 0 saturated heterocycles.